The maximum Gasteiger partial charge on any atom is 0.164 e. The number of rotatable bonds is 1. The number of nitrogens with two attached hydrogens (primary N) is 1. The van der Waals surface area contributed by atoms with Crippen molar-refractivity contribution >= 4 is 17.4 Å². The highest BCUT2D eigenvalue weighted by atomic mass is 35.5. The monoisotopic (exact) mass is 171 g/mol. The van der Waals surface area contributed by atoms with Crippen molar-refractivity contribution in [1.82, 2.24) is 9.78 Å². The largest absolute Gasteiger partial charge is 0.381 e. The van der Waals surface area contributed by atoms with Gasteiger partial charge in [0.25, 0.3) is 0 Å². The number of anilines is 1. The van der Waals surface area contributed by atoms with E-state index in [0.29, 0.717) is 16.8 Å². The first kappa shape index (κ1) is 6.98. The second-order valence-corrected chi connectivity index (χ2v) is 3.36. The van der Waals surface area contributed by atoms with Gasteiger partial charge in [0.15, 0.2) is 5.82 Å². The fourth-order valence-electron chi connectivity index (χ4n) is 1.33. The van der Waals surface area contributed by atoms with Gasteiger partial charge in [0.1, 0.15) is 5.02 Å². The molecule has 11 heavy (non-hydrogen) atoms. The summed E-state index contributed by atoms with van der Waals surface area (Å²) >= 11 is 5.94. The molecule has 0 unspecified atom stereocenters. The minimum atomic E-state index is 0.455. The standard InChI is InChI=1S/C7H10ClN3/c1-11-6(4-2-3-4)5(8)7(9)10-11/h4H,2-3H2,1H3,(H2,9,10). The Bertz CT molecular complexity index is 288. The molecule has 0 atom stereocenters. The average molecular weight is 172 g/mol. The molecule has 0 aromatic carbocycles. The summed E-state index contributed by atoms with van der Waals surface area (Å²) in [5.74, 6) is 1.06. The smallest absolute Gasteiger partial charge is 0.164 e. The topological polar surface area (TPSA) is 43.8 Å². The van der Waals surface area contributed by atoms with Crippen molar-refractivity contribution in [2.75, 3.05) is 5.73 Å². The van der Waals surface area contributed by atoms with E-state index in [0.717, 1.165) is 5.69 Å². The van der Waals surface area contributed by atoms with E-state index in [4.69, 9.17) is 17.3 Å². The second-order valence-electron chi connectivity index (χ2n) is 2.98. The molecule has 0 aliphatic heterocycles. The van der Waals surface area contributed by atoms with Crippen LogP contribution in [0.2, 0.25) is 5.02 Å². The maximum atomic E-state index is 5.94. The summed E-state index contributed by atoms with van der Waals surface area (Å²) in [5.41, 5.74) is 6.64. The lowest BCUT2D eigenvalue weighted by atomic mass is 10.3. The minimum Gasteiger partial charge on any atom is -0.381 e. The van der Waals surface area contributed by atoms with Gasteiger partial charge >= 0.3 is 0 Å². The quantitative estimate of drug-likeness (QED) is 0.697. The Hall–Kier alpha value is -0.700. The summed E-state index contributed by atoms with van der Waals surface area (Å²) in [6, 6.07) is 0. The normalized spacial score (nSPS) is 17.3. The van der Waals surface area contributed by atoms with Gasteiger partial charge < -0.3 is 5.73 Å². The molecule has 1 fully saturated rings. The Morgan fingerprint density at radius 1 is 1.64 bits per heavy atom. The highest BCUT2D eigenvalue weighted by Gasteiger charge is 2.30. The fourth-order valence-corrected chi connectivity index (χ4v) is 1.65. The summed E-state index contributed by atoms with van der Waals surface area (Å²) in [6.07, 6.45) is 2.44. The average Bonchev–Trinajstić information content (AvgIpc) is 2.68. The summed E-state index contributed by atoms with van der Waals surface area (Å²) in [5, 5.41) is 4.68. The van der Waals surface area contributed by atoms with E-state index in [9.17, 15) is 0 Å². The van der Waals surface area contributed by atoms with Crippen LogP contribution in [-0.4, -0.2) is 9.78 Å². The predicted octanol–water partition coefficient (Wildman–Crippen LogP) is 1.53. The Labute approximate surface area is 70.1 Å². The summed E-state index contributed by atoms with van der Waals surface area (Å²) in [6.45, 7) is 0. The lowest BCUT2D eigenvalue weighted by molar-refractivity contribution is 0.717. The number of nitrogens with zero attached hydrogens (tertiary/aromatic N) is 2. The molecule has 1 aliphatic rings. The van der Waals surface area contributed by atoms with E-state index in [1.165, 1.54) is 12.8 Å². The highest BCUT2D eigenvalue weighted by molar-refractivity contribution is 6.33. The molecule has 0 radical (unpaired) electrons. The van der Waals surface area contributed by atoms with Crippen LogP contribution < -0.4 is 5.73 Å². The van der Waals surface area contributed by atoms with E-state index in [1.54, 1.807) is 4.68 Å². The van der Waals surface area contributed by atoms with Crippen molar-refractivity contribution in [2.24, 2.45) is 7.05 Å². The number of nitrogen functional groups attached to an aromatic ring is 1. The first-order chi connectivity index (χ1) is 5.20. The third kappa shape index (κ3) is 0.997. The fraction of sp³-hybridized carbons (Fsp3) is 0.571. The molecule has 2 N–H and O–H groups in total. The van der Waals surface area contributed by atoms with Crippen molar-refractivity contribution in [3.63, 3.8) is 0 Å². The molecule has 3 nitrogen and oxygen atoms in total. The van der Waals surface area contributed by atoms with Crippen molar-refractivity contribution in [3.05, 3.63) is 10.7 Å². The van der Waals surface area contributed by atoms with Crippen LogP contribution in [0.4, 0.5) is 5.82 Å². The van der Waals surface area contributed by atoms with Gasteiger partial charge in [-0.05, 0) is 12.8 Å². The summed E-state index contributed by atoms with van der Waals surface area (Å²) < 4.78 is 1.79. The molecule has 0 amide bonds. The van der Waals surface area contributed by atoms with Crippen LogP contribution in [0.3, 0.4) is 0 Å². The van der Waals surface area contributed by atoms with Crippen molar-refractivity contribution in [2.45, 2.75) is 18.8 Å². The molecule has 1 aliphatic carbocycles. The molecule has 1 aromatic rings. The van der Waals surface area contributed by atoms with Crippen molar-refractivity contribution in [3.8, 4) is 0 Å². The van der Waals surface area contributed by atoms with Gasteiger partial charge in [0.2, 0.25) is 0 Å². The molecule has 0 spiro atoms. The first-order valence-electron chi connectivity index (χ1n) is 3.68. The minimum absolute atomic E-state index is 0.455. The van der Waals surface area contributed by atoms with Gasteiger partial charge in [0, 0.05) is 13.0 Å². The molecule has 1 heterocycles. The van der Waals surface area contributed by atoms with Gasteiger partial charge in [-0.1, -0.05) is 11.6 Å². The summed E-state index contributed by atoms with van der Waals surface area (Å²) in [7, 11) is 1.88. The number of halogens is 1. The van der Waals surface area contributed by atoms with Gasteiger partial charge in [-0.3, -0.25) is 4.68 Å². The van der Waals surface area contributed by atoms with Crippen LogP contribution in [0.25, 0.3) is 0 Å². The lowest BCUT2D eigenvalue weighted by Crippen LogP contribution is -1.96. The van der Waals surface area contributed by atoms with E-state index in [1.807, 2.05) is 7.05 Å². The van der Waals surface area contributed by atoms with E-state index >= 15 is 0 Å². The van der Waals surface area contributed by atoms with Gasteiger partial charge in [-0.2, -0.15) is 5.10 Å². The number of aromatic nitrogens is 2. The zero-order valence-electron chi connectivity index (χ0n) is 6.34. The number of hydrogen-bond acceptors (Lipinski definition) is 2. The van der Waals surface area contributed by atoms with Crippen LogP contribution in [0.5, 0.6) is 0 Å². The first-order valence-corrected chi connectivity index (χ1v) is 4.06. The molecular weight excluding hydrogens is 162 g/mol. The SMILES string of the molecule is Cn1nc(N)c(Cl)c1C1CC1. The maximum absolute atomic E-state index is 5.94. The van der Waals surface area contributed by atoms with Gasteiger partial charge in [-0.25, -0.2) is 0 Å². The zero-order valence-corrected chi connectivity index (χ0v) is 7.10. The Balaban J connectivity index is 2.50. The number of hydrogen-bond donors (Lipinski definition) is 1. The molecule has 0 saturated heterocycles. The lowest BCUT2D eigenvalue weighted by Gasteiger charge is -1.96. The van der Waals surface area contributed by atoms with Crippen molar-refractivity contribution in [1.29, 1.82) is 0 Å². The molecule has 2 rings (SSSR count). The second kappa shape index (κ2) is 2.14. The predicted molar refractivity (Wildman–Crippen MR) is 44.6 cm³/mol. The zero-order chi connectivity index (χ0) is 8.01. The molecule has 1 saturated carbocycles. The molecule has 4 heteroatoms. The third-order valence-corrected chi connectivity index (χ3v) is 2.41. The highest BCUT2D eigenvalue weighted by Crippen LogP contribution is 2.44. The Morgan fingerprint density at radius 2 is 2.27 bits per heavy atom. The van der Waals surface area contributed by atoms with Crippen LogP contribution in [0, 0.1) is 0 Å². The molecular formula is C7H10ClN3. The van der Waals surface area contributed by atoms with Crippen LogP contribution in [-0.2, 0) is 7.05 Å². The molecule has 1 aromatic heterocycles. The van der Waals surface area contributed by atoms with E-state index in [-0.39, 0.29) is 0 Å². The van der Waals surface area contributed by atoms with Crippen LogP contribution in [0.15, 0.2) is 0 Å². The summed E-state index contributed by atoms with van der Waals surface area (Å²) in [4.78, 5) is 0. The third-order valence-electron chi connectivity index (χ3n) is 2.02. The van der Waals surface area contributed by atoms with E-state index < -0.39 is 0 Å². The van der Waals surface area contributed by atoms with Crippen LogP contribution in [0.1, 0.15) is 24.5 Å². The van der Waals surface area contributed by atoms with Crippen LogP contribution >= 0.6 is 11.6 Å². The Morgan fingerprint density at radius 3 is 2.64 bits per heavy atom. The molecule has 60 valence electrons. The van der Waals surface area contributed by atoms with Crippen molar-refractivity contribution < 1.29 is 0 Å². The Kier molecular flexibility index (Phi) is 1.36. The number of aryl methyl sites for hydroxylation is 1. The van der Waals surface area contributed by atoms with Gasteiger partial charge in [-0.15, -0.1) is 0 Å². The van der Waals surface area contributed by atoms with Gasteiger partial charge in [0.05, 0.1) is 5.69 Å². The molecule has 0 bridgehead atoms. The van der Waals surface area contributed by atoms with E-state index in [2.05, 4.69) is 5.10 Å².